The maximum Gasteiger partial charge on any atom is 0.234 e. The summed E-state index contributed by atoms with van der Waals surface area (Å²) in [6.45, 7) is 9.03. The first-order chi connectivity index (χ1) is 7.63. The van der Waals surface area contributed by atoms with Crippen molar-refractivity contribution < 1.29 is 4.79 Å². The van der Waals surface area contributed by atoms with E-state index in [0.717, 1.165) is 10.7 Å². The average molecular weight is 239 g/mol. The average Bonchev–Trinajstić information content (AvgIpc) is 2.55. The van der Waals surface area contributed by atoms with Crippen LogP contribution in [0.5, 0.6) is 0 Å². The first kappa shape index (κ1) is 12.9. The van der Waals surface area contributed by atoms with Crippen LogP contribution < -0.4 is 10.6 Å². The first-order valence-electron chi connectivity index (χ1n) is 5.14. The number of nitrogens with one attached hydrogen (secondary N) is 2. The topological polar surface area (TPSA) is 54.0 Å². The number of rotatable bonds is 6. The monoisotopic (exact) mass is 239 g/mol. The summed E-state index contributed by atoms with van der Waals surface area (Å²) in [6, 6.07) is 0. The lowest BCUT2D eigenvalue weighted by Gasteiger charge is -2.03. The lowest BCUT2D eigenvalue weighted by molar-refractivity contribution is -0.120. The van der Waals surface area contributed by atoms with Crippen molar-refractivity contribution >= 4 is 17.2 Å². The molecule has 0 aliphatic rings. The van der Waals surface area contributed by atoms with Gasteiger partial charge in [-0.2, -0.15) is 0 Å². The summed E-state index contributed by atoms with van der Waals surface area (Å²) >= 11 is 1.66. The number of carbonyl (C=O) groups is 1. The molecule has 0 aromatic carbocycles. The maximum atomic E-state index is 11.2. The van der Waals surface area contributed by atoms with Crippen LogP contribution in [0.15, 0.2) is 12.7 Å². The lowest BCUT2D eigenvalue weighted by Crippen LogP contribution is -2.33. The first-order valence-corrected chi connectivity index (χ1v) is 5.96. The van der Waals surface area contributed by atoms with Crippen molar-refractivity contribution in [2.75, 3.05) is 13.1 Å². The van der Waals surface area contributed by atoms with E-state index in [1.165, 1.54) is 4.88 Å². The van der Waals surface area contributed by atoms with Crippen molar-refractivity contribution in [2.24, 2.45) is 0 Å². The Hall–Kier alpha value is -1.20. The van der Waals surface area contributed by atoms with Crippen LogP contribution in [0.1, 0.15) is 15.6 Å². The predicted octanol–water partition coefficient (Wildman–Crippen LogP) is 1.15. The Morgan fingerprint density at radius 2 is 2.31 bits per heavy atom. The van der Waals surface area contributed by atoms with Crippen molar-refractivity contribution in [1.82, 2.24) is 15.6 Å². The molecule has 0 aliphatic carbocycles. The van der Waals surface area contributed by atoms with Crippen LogP contribution in [-0.2, 0) is 11.3 Å². The van der Waals surface area contributed by atoms with E-state index < -0.39 is 0 Å². The molecular formula is C11H17N3OS. The van der Waals surface area contributed by atoms with E-state index in [4.69, 9.17) is 0 Å². The molecule has 2 N–H and O–H groups in total. The fraction of sp³-hybridized carbons (Fsp3) is 0.455. The summed E-state index contributed by atoms with van der Waals surface area (Å²) in [5.41, 5.74) is 1.04. The number of nitrogens with zero attached hydrogens (tertiary/aromatic N) is 1. The van der Waals surface area contributed by atoms with Gasteiger partial charge in [0.05, 0.1) is 17.2 Å². The third-order valence-electron chi connectivity index (χ3n) is 2.01. The molecule has 4 nitrogen and oxygen atoms in total. The minimum atomic E-state index is -0.0150. The van der Waals surface area contributed by atoms with E-state index in [1.54, 1.807) is 17.4 Å². The van der Waals surface area contributed by atoms with Crippen LogP contribution in [-0.4, -0.2) is 24.0 Å². The van der Waals surface area contributed by atoms with E-state index in [-0.39, 0.29) is 5.91 Å². The molecule has 0 saturated carbocycles. The zero-order valence-electron chi connectivity index (χ0n) is 9.67. The van der Waals surface area contributed by atoms with Gasteiger partial charge in [-0.15, -0.1) is 17.9 Å². The number of thiazole rings is 1. The molecule has 0 atom stereocenters. The molecule has 16 heavy (non-hydrogen) atoms. The van der Waals surface area contributed by atoms with E-state index >= 15 is 0 Å². The van der Waals surface area contributed by atoms with Crippen molar-refractivity contribution in [3.05, 3.63) is 28.2 Å². The third kappa shape index (κ3) is 4.12. The van der Waals surface area contributed by atoms with Gasteiger partial charge in [0, 0.05) is 18.0 Å². The Bertz CT molecular complexity index is 373. The number of carbonyl (C=O) groups excluding carboxylic acids is 1. The molecule has 0 spiro atoms. The Morgan fingerprint density at radius 1 is 1.56 bits per heavy atom. The Balaban J connectivity index is 2.27. The normalized spacial score (nSPS) is 10.1. The summed E-state index contributed by atoms with van der Waals surface area (Å²) in [7, 11) is 0. The molecule has 1 aromatic heterocycles. The Morgan fingerprint density at radius 3 is 2.88 bits per heavy atom. The quantitative estimate of drug-likeness (QED) is 0.732. The summed E-state index contributed by atoms with van der Waals surface area (Å²) in [6.07, 6.45) is 1.66. The van der Waals surface area contributed by atoms with Crippen LogP contribution in [0.2, 0.25) is 0 Å². The highest BCUT2D eigenvalue weighted by Crippen LogP contribution is 2.16. The molecule has 0 saturated heterocycles. The second-order valence-electron chi connectivity index (χ2n) is 3.44. The van der Waals surface area contributed by atoms with Crippen LogP contribution in [0.4, 0.5) is 0 Å². The SMILES string of the molecule is C=CCNC(=O)CNCc1sc(C)nc1C. The standard InChI is InChI=1S/C11H17N3OS/c1-4-5-13-11(15)7-12-6-10-8(2)14-9(3)16-10/h4,12H,1,5-7H2,2-3H3,(H,13,15). The molecule has 0 radical (unpaired) electrons. The second-order valence-corrected chi connectivity index (χ2v) is 4.73. The van der Waals surface area contributed by atoms with Crippen molar-refractivity contribution in [1.29, 1.82) is 0 Å². The van der Waals surface area contributed by atoms with Crippen molar-refractivity contribution in [3.8, 4) is 0 Å². The summed E-state index contributed by atoms with van der Waals surface area (Å²) in [5, 5.41) is 6.86. The number of hydrogen-bond donors (Lipinski definition) is 2. The molecule has 0 unspecified atom stereocenters. The summed E-state index contributed by atoms with van der Waals surface area (Å²) in [4.78, 5) is 16.8. The molecule has 0 bridgehead atoms. The van der Waals surface area contributed by atoms with Gasteiger partial charge in [0.2, 0.25) is 5.91 Å². The minimum absolute atomic E-state index is 0.0150. The Kier molecular flexibility index (Phi) is 5.14. The highest BCUT2D eigenvalue weighted by molar-refractivity contribution is 7.11. The molecule has 1 amide bonds. The van der Waals surface area contributed by atoms with Crippen LogP contribution >= 0.6 is 11.3 Å². The third-order valence-corrected chi connectivity index (χ3v) is 3.09. The highest BCUT2D eigenvalue weighted by Gasteiger charge is 2.05. The molecule has 0 fully saturated rings. The van der Waals surface area contributed by atoms with Gasteiger partial charge in [-0.25, -0.2) is 4.98 Å². The molecule has 5 heteroatoms. The predicted molar refractivity (Wildman–Crippen MR) is 66.5 cm³/mol. The summed E-state index contributed by atoms with van der Waals surface area (Å²) in [5.74, 6) is -0.0150. The minimum Gasteiger partial charge on any atom is -0.352 e. The van der Waals surface area contributed by atoms with Gasteiger partial charge in [0.15, 0.2) is 0 Å². The van der Waals surface area contributed by atoms with Gasteiger partial charge in [0.25, 0.3) is 0 Å². The fourth-order valence-corrected chi connectivity index (χ4v) is 2.18. The van der Waals surface area contributed by atoms with Gasteiger partial charge in [-0.1, -0.05) is 6.08 Å². The largest absolute Gasteiger partial charge is 0.352 e. The number of aryl methyl sites for hydroxylation is 2. The number of hydrogen-bond acceptors (Lipinski definition) is 4. The molecule has 1 heterocycles. The van der Waals surface area contributed by atoms with Crippen molar-refractivity contribution in [2.45, 2.75) is 20.4 Å². The van der Waals surface area contributed by atoms with E-state index in [0.29, 0.717) is 19.6 Å². The van der Waals surface area contributed by atoms with Gasteiger partial charge in [0.1, 0.15) is 0 Å². The van der Waals surface area contributed by atoms with E-state index in [9.17, 15) is 4.79 Å². The van der Waals surface area contributed by atoms with E-state index in [1.807, 2.05) is 13.8 Å². The smallest absolute Gasteiger partial charge is 0.234 e. The van der Waals surface area contributed by atoms with Crippen LogP contribution in [0.3, 0.4) is 0 Å². The van der Waals surface area contributed by atoms with Crippen molar-refractivity contribution in [3.63, 3.8) is 0 Å². The zero-order chi connectivity index (χ0) is 12.0. The van der Waals surface area contributed by atoms with Crippen LogP contribution in [0.25, 0.3) is 0 Å². The zero-order valence-corrected chi connectivity index (χ0v) is 10.5. The number of amides is 1. The van der Waals surface area contributed by atoms with Gasteiger partial charge >= 0.3 is 0 Å². The molecule has 1 aromatic rings. The highest BCUT2D eigenvalue weighted by atomic mass is 32.1. The second kappa shape index (κ2) is 6.40. The molecule has 1 rings (SSSR count). The summed E-state index contributed by atoms with van der Waals surface area (Å²) < 4.78 is 0. The lowest BCUT2D eigenvalue weighted by atomic mass is 10.4. The Labute approximate surface area is 99.8 Å². The molecule has 88 valence electrons. The van der Waals surface area contributed by atoms with Gasteiger partial charge in [-0.05, 0) is 13.8 Å². The fourth-order valence-electron chi connectivity index (χ4n) is 1.28. The molecular weight excluding hydrogens is 222 g/mol. The van der Waals surface area contributed by atoms with E-state index in [2.05, 4.69) is 22.2 Å². The number of aromatic nitrogens is 1. The van der Waals surface area contributed by atoms with Gasteiger partial charge in [-0.3, -0.25) is 4.79 Å². The molecule has 0 aliphatic heterocycles. The van der Waals surface area contributed by atoms with Crippen LogP contribution in [0, 0.1) is 13.8 Å². The van der Waals surface area contributed by atoms with Gasteiger partial charge < -0.3 is 10.6 Å². The maximum absolute atomic E-state index is 11.2.